The Labute approximate surface area is 108 Å². The maximum absolute atomic E-state index is 12.3. The van der Waals surface area contributed by atoms with Crippen molar-refractivity contribution in [3.8, 4) is 12.3 Å². The molecule has 0 saturated carbocycles. The van der Waals surface area contributed by atoms with E-state index in [1.807, 2.05) is 6.92 Å². The number of aliphatic hydroxyl groups is 1. The standard InChI is InChI=1S/C13H17NO3S/c1-4-8-14(3)18(16,17)13-9-11(10-15)6-7-12(13)5-2/h1,6-7,9,15H,5,8,10H2,2-3H3. The van der Waals surface area contributed by atoms with Gasteiger partial charge in [-0.15, -0.1) is 6.42 Å². The summed E-state index contributed by atoms with van der Waals surface area (Å²) in [5, 5.41) is 9.09. The Morgan fingerprint density at radius 1 is 1.44 bits per heavy atom. The molecule has 0 heterocycles. The van der Waals surface area contributed by atoms with Crippen molar-refractivity contribution in [2.24, 2.45) is 0 Å². The van der Waals surface area contributed by atoms with Crippen molar-refractivity contribution in [2.45, 2.75) is 24.8 Å². The second-order valence-corrected chi connectivity index (χ2v) is 5.93. The van der Waals surface area contributed by atoms with E-state index in [0.29, 0.717) is 12.0 Å². The SMILES string of the molecule is C#CCN(C)S(=O)(=O)c1cc(CO)ccc1CC. The average molecular weight is 267 g/mol. The van der Waals surface area contributed by atoms with Crippen LogP contribution in [0.15, 0.2) is 23.1 Å². The van der Waals surface area contributed by atoms with Crippen LogP contribution in [-0.2, 0) is 23.1 Å². The quantitative estimate of drug-likeness (QED) is 0.810. The molecular weight excluding hydrogens is 250 g/mol. The summed E-state index contributed by atoms with van der Waals surface area (Å²) in [6.45, 7) is 1.72. The predicted molar refractivity (Wildman–Crippen MR) is 70.4 cm³/mol. The van der Waals surface area contributed by atoms with Crippen LogP contribution in [0.3, 0.4) is 0 Å². The van der Waals surface area contributed by atoms with Gasteiger partial charge in [-0.2, -0.15) is 4.31 Å². The molecule has 0 amide bonds. The lowest BCUT2D eigenvalue weighted by molar-refractivity contribution is 0.281. The normalized spacial score (nSPS) is 11.5. The fraction of sp³-hybridized carbons (Fsp3) is 0.385. The van der Waals surface area contributed by atoms with Gasteiger partial charge in [-0.25, -0.2) is 8.42 Å². The van der Waals surface area contributed by atoms with Gasteiger partial charge in [0, 0.05) is 7.05 Å². The van der Waals surface area contributed by atoms with Crippen LogP contribution in [0, 0.1) is 12.3 Å². The lowest BCUT2D eigenvalue weighted by Gasteiger charge is -2.17. The van der Waals surface area contributed by atoms with E-state index in [0.717, 1.165) is 9.87 Å². The molecule has 1 aromatic rings. The number of sulfonamides is 1. The molecule has 0 aliphatic carbocycles. The lowest BCUT2D eigenvalue weighted by atomic mass is 10.1. The van der Waals surface area contributed by atoms with Gasteiger partial charge in [0.15, 0.2) is 0 Å². The minimum absolute atomic E-state index is 0.0227. The van der Waals surface area contributed by atoms with Gasteiger partial charge in [0.1, 0.15) is 0 Å². The fourth-order valence-corrected chi connectivity index (χ4v) is 3.04. The van der Waals surface area contributed by atoms with E-state index < -0.39 is 10.0 Å². The second kappa shape index (κ2) is 6.01. The van der Waals surface area contributed by atoms with E-state index in [9.17, 15) is 8.42 Å². The minimum atomic E-state index is -3.60. The first-order valence-electron chi connectivity index (χ1n) is 5.59. The molecule has 1 N–H and O–H groups in total. The number of terminal acetylenes is 1. The van der Waals surface area contributed by atoms with Gasteiger partial charge in [0.25, 0.3) is 0 Å². The van der Waals surface area contributed by atoms with Crippen molar-refractivity contribution in [3.63, 3.8) is 0 Å². The molecule has 0 unspecified atom stereocenters. The Balaban J connectivity index is 3.34. The molecule has 1 rings (SSSR count). The molecule has 98 valence electrons. The zero-order chi connectivity index (χ0) is 13.8. The van der Waals surface area contributed by atoms with Crippen molar-refractivity contribution in [1.82, 2.24) is 4.31 Å². The molecule has 0 saturated heterocycles. The molecule has 0 bridgehead atoms. The van der Waals surface area contributed by atoms with Crippen LogP contribution in [0.2, 0.25) is 0 Å². The van der Waals surface area contributed by atoms with Crippen LogP contribution in [0.4, 0.5) is 0 Å². The Hall–Kier alpha value is -1.35. The van der Waals surface area contributed by atoms with Gasteiger partial charge in [0.2, 0.25) is 10.0 Å². The Morgan fingerprint density at radius 3 is 2.61 bits per heavy atom. The van der Waals surface area contributed by atoms with Crippen LogP contribution < -0.4 is 0 Å². The van der Waals surface area contributed by atoms with Gasteiger partial charge >= 0.3 is 0 Å². The molecule has 5 heteroatoms. The summed E-state index contributed by atoms with van der Waals surface area (Å²) in [6.07, 6.45) is 5.74. The first-order chi connectivity index (χ1) is 8.47. The van der Waals surface area contributed by atoms with E-state index in [1.165, 1.54) is 13.1 Å². The van der Waals surface area contributed by atoms with Gasteiger partial charge < -0.3 is 5.11 Å². The molecule has 18 heavy (non-hydrogen) atoms. The maximum atomic E-state index is 12.3. The van der Waals surface area contributed by atoms with Crippen molar-refractivity contribution in [1.29, 1.82) is 0 Å². The van der Waals surface area contributed by atoms with Gasteiger partial charge in [-0.1, -0.05) is 25.0 Å². The van der Waals surface area contributed by atoms with E-state index in [4.69, 9.17) is 11.5 Å². The molecule has 0 atom stereocenters. The third-order valence-electron chi connectivity index (χ3n) is 2.70. The van der Waals surface area contributed by atoms with Crippen molar-refractivity contribution in [3.05, 3.63) is 29.3 Å². The number of hydrogen-bond donors (Lipinski definition) is 1. The Morgan fingerprint density at radius 2 is 2.11 bits per heavy atom. The zero-order valence-electron chi connectivity index (χ0n) is 10.5. The van der Waals surface area contributed by atoms with Crippen LogP contribution in [0.1, 0.15) is 18.1 Å². The van der Waals surface area contributed by atoms with Crippen molar-refractivity contribution >= 4 is 10.0 Å². The van der Waals surface area contributed by atoms with E-state index in [-0.39, 0.29) is 18.0 Å². The summed E-state index contributed by atoms with van der Waals surface area (Å²) >= 11 is 0. The predicted octanol–water partition coefficient (Wildman–Crippen LogP) is 0.995. The largest absolute Gasteiger partial charge is 0.392 e. The van der Waals surface area contributed by atoms with E-state index >= 15 is 0 Å². The van der Waals surface area contributed by atoms with Gasteiger partial charge in [-0.3, -0.25) is 0 Å². The first kappa shape index (κ1) is 14.7. The molecule has 4 nitrogen and oxygen atoms in total. The van der Waals surface area contributed by atoms with Crippen LogP contribution in [0.25, 0.3) is 0 Å². The molecule has 0 fully saturated rings. The lowest BCUT2D eigenvalue weighted by Crippen LogP contribution is -2.28. The summed E-state index contributed by atoms with van der Waals surface area (Å²) in [7, 11) is -2.15. The molecule has 0 aliphatic heterocycles. The van der Waals surface area contributed by atoms with Crippen molar-refractivity contribution in [2.75, 3.05) is 13.6 Å². The van der Waals surface area contributed by atoms with Gasteiger partial charge in [0.05, 0.1) is 18.0 Å². The van der Waals surface area contributed by atoms with Gasteiger partial charge in [-0.05, 0) is 23.6 Å². The van der Waals surface area contributed by atoms with E-state index in [2.05, 4.69) is 5.92 Å². The number of nitrogens with zero attached hydrogens (tertiary/aromatic N) is 1. The highest BCUT2D eigenvalue weighted by Gasteiger charge is 2.23. The van der Waals surface area contributed by atoms with Crippen LogP contribution >= 0.6 is 0 Å². The third kappa shape index (κ3) is 2.91. The Kier molecular flexibility index (Phi) is 4.91. The molecule has 1 aromatic carbocycles. The summed E-state index contributed by atoms with van der Waals surface area (Å²) in [6, 6.07) is 4.95. The molecular formula is C13H17NO3S. The number of rotatable bonds is 5. The summed E-state index contributed by atoms with van der Waals surface area (Å²) in [5.74, 6) is 2.31. The van der Waals surface area contributed by atoms with Crippen molar-refractivity contribution < 1.29 is 13.5 Å². The second-order valence-electron chi connectivity index (χ2n) is 3.92. The summed E-state index contributed by atoms with van der Waals surface area (Å²) in [5.41, 5.74) is 1.29. The molecule has 0 aliphatic rings. The van der Waals surface area contributed by atoms with Crippen LogP contribution in [0.5, 0.6) is 0 Å². The minimum Gasteiger partial charge on any atom is -0.392 e. The number of benzene rings is 1. The third-order valence-corrected chi connectivity index (χ3v) is 4.58. The highest BCUT2D eigenvalue weighted by atomic mass is 32.2. The smallest absolute Gasteiger partial charge is 0.243 e. The first-order valence-corrected chi connectivity index (χ1v) is 7.03. The highest BCUT2D eigenvalue weighted by molar-refractivity contribution is 7.89. The molecule has 0 spiro atoms. The maximum Gasteiger partial charge on any atom is 0.243 e. The highest BCUT2D eigenvalue weighted by Crippen LogP contribution is 2.21. The fourth-order valence-electron chi connectivity index (χ4n) is 1.61. The Bertz CT molecular complexity index is 558. The number of aryl methyl sites for hydroxylation is 1. The summed E-state index contributed by atoms with van der Waals surface area (Å²) in [4.78, 5) is 0.217. The molecule has 0 radical (unpaired) electrons. The topological polar surface area (TPSA) is 57.6 Å². The molecule has 0 aromatic heterocycles. The van der Waals surface area contributed by atoms with E-state index in [1.54, 1.807) is 12.1 Å². The average Bonchev–Trinajstić information content (AvgIpc) is 2.38. The number of hydrogen-bond acceptors (Lipinski definition) is 3. The van der Waals surface area contributed by atoms with Crippen LogP contribution in [-0.4, -0.2) is 31.4 Å². The monoisotopic (exact) mass is 267 g/mol. The zero-order valence-corrected chi connectivity index (χ0v) is 11.4. The summed E-state index contributed by atoms with van der Waals surface area (Å²) < 4.78 is 25.8. The number of aliphatic hydroxyl groups excluding tert-OH is 1.